The molecular weight excluding hydrogens is 352 g/mol. The minimum atomic E-state index is -0.804. The van der Waals surface area contributed by atoms with E-state index in [9.17, 15) is 14.4 Å². The monoisotopic (exact) mass is 370 g/mol. The lowest BCUT2D eigenvalue weighted by molar-refractivity contribution is -0.114. The summed E-state index contributed by atoms with van der Waals surface area (Å²) in [6, 6.07) is 9.51. The topological polar surface area (TPSA) is 88.1 Å². The Hall–Kier alpha value is -3.35. The number of hydrogen-bond acceptors (Lipinski definition) is 7. The molecule has 0 aromatic heterocycles. The van der Waals surface area contributed by atoms with Crippen LogP contribution in [0.5, 0.6) is 23.0 Å². The Bertz CT molecular complexity index is 887. The molecule has 0 bridgehead atoms. The van der Waals surface area contributed by atoms with Crippen molar-refractivity contribution in [1.29, 1.82) is 0 Å². The highest BCUT2D eigenvalue weighted by Crippen LogP contribution is 2.48. The van der Waals surface area contributed by atoms with Crippen LogP contribution in [0.2, 0.25) is 0 Å². The molecule has 0 aliphatic carbocycles. The summed E-state index contributed by atoms with van der Waals surface area (Å²) >= 11 is 0. The lowest BCUT2D eigenvalue weighted by Gasteiger charge is -2.23. The minimum absolute atomic E-state index is 0.0906. The second-order valence-corrected chi connectivity index (χ2v) is 5.73. The fourth-order valence-corrected chi connectivity index (χ4v) is 2.79. The molecule has 0 saturated carbocycles. The van der Waals surface area contributed by atoms with Crippen molar-refractivity contribution in [1.82, 2.24) is 0 Å². The van der Waals surface area contributed by atoms with Crippen molar-refractivity contribution in [3.8, 4) is 23.0 Å². The number of ketones is 3. The summed E-state index contributed by atoms with van der Waals surface area (Å²) in [5.41, 5.74) is 0.329. The van der Waals surface area contributed by atoms with Crippen LogP contribution in [0.1, 0.15) is 27.1 Å². The molecular formula is C20H18O7. The highest BCUT2D eigenvalue weighted by atomic mass is 16.6. The standard InChI is InChI=1S/C20H18O7/c1-24-16-10-13(18(25-2)20-19(16)26-8-9-27-20)14(21)11-15(22)17(23)12-6-4-3-5-7-12/h3-7,10H,8-9,11H2,1-2H3. The first kappa shape index (κ1) is 18.4. The predicted molar refractivity (Wildman–Crippen MR) is 95.3 cm³/mol. The second-order valence-electron chi connectivity index (χ2n) is 5.73. The number of fused-ring (bicyclic) bond motifs is 1. The first-order valence-corrected chi connectivity index (χ1v) is 8.27. The number of carbonyl (C=O) groups is 3. The molecule has 1 aliphatic rings. The normalized spacial score (nSPS) is 12.2. The average Bonchev–Trinajstić information content (AvgIpc) is 2.72. The number of Topliss-reactive ketones (excluding diaryl/α,β-unsaturated/α-hetero) is 3. The largest absolute Gasteiger partial charge is 0.493 e. The Balaban J connectivity index is 1.90. The van der Waals surface area contributed by atoms with Crippen LogP contribution >= 0.6 is 0 Å². The molecule has 1 aliphatic heterocycles. The van der Waals surface area contributed by atoms with Crippen LogP contribution in [-0.4, -0.2) is 44.8 Å². The summed E-state index contributed by atoms with van der Waals surface area (Å²) in [6.07, 6.45) is -0.590. The third kappa shape index (κ3) is 3.62. The maximum absolute atomic E-state index is 12.7. The molecule has 0 atom stereocenters. The zero-order chi connectivity index (χ0) is 19.4. The van der Waals surface area contributed by atoms with Gasteiger partial charge in [-0.25, -0.2) is 0 Å². The summed E-state index contributed by atoms with van der Waals surface area (Å²) in [6.45, 7) is 0.624. The third-order valence-electron chi connectivity index (χ3n) is 4.07. The van der Waals surface area contributed by atoms with Crippen LogP contribution in [0.4, 0.5) is 0 Å². The van der Waals surface area contributed by atoms with Crippen molar-refractivity contribution in [3.63, 3.8) is 0 Å². The van der Waals surface area contributed by atoms with E-state index in [0.29, 0.717) is 12.4 Å². The molecule has 140 valence electrons. The van der Waals surface area contributed by atoms with Gasteiger partial charge in [-0.15, -0.1) is 0 Å². The van der Waals surface area contributed by atoms with Crippen molar-refractivity contribution >= 4 is 17.3 Å². The van der Waals surface area contributed by atoms with Crippen LogP contribution in [0.15, 0.2) is 36.4 Å². The number of rotatable bonds is 7. The number of methoxy groups -OCH3 is 2. The van der Waals surface area contributed by atoms with Crippen molar-refractivity contribution in [2.24, 2.45) is 0 Å². The van der Waals surface area contributed by atoms with Crippen molar-refractivity contribution in [2.45, 2.75) is 6.42 Å². The van der Waals surface area contributed by atoms with Gasteiger partial charge in [0, 0.05) is 5.56 Å². The highest BCUT2D eigenvalue weighted by molar-refractivity contribution is 6.46. The summed E-state index contributed by atoms with van der Waals surface area (Å²) in [4.78, 5) is 37.2. The van der Waals surface area contributed by atoms with E-state index in [0.717, 1.165) is 0 Å². The first-order valence-electron chi connectivity index (χ1n) is 8.27. The van der Waals surface area contributed by atoms with Gasteiger partial charge in [-0.2, -0.15) is 0 Å². The van der Waals surface area contributed by atoms with Gasteiger partial charge < -0.3 is 18.9 Å². The van der Waals surface area contributed by atoms with E-state index in [1.165, 1.54) is 32.4 Å². The molecule has 0 fully saturated rings. The molecule has 0 spiro atoms. The van der Waals surface area contributed by atoms with Gasteiger partial charge in [0.05, 0.1) is 26.2 Å². The Labute approximate surface area is 155 Å². The average molecular weight is 370 g/mol. The van der Waals surface area contributed by atoms with Gasteiger partial charge in [0.15, 0.2) is 17.3 Å². The maximum Gasteiger partial charge on any atom is 0.229 e. The molecule has 7 nitrogen and oxygen atoms in total. The Morgan fingerprint density at radius 2 is 1.63 bits per heavy atom. The van der Waals surface area contributed by atoms with Crippen LogP contribution in [0.25, 0.3) is 0 Å². The SMILES string of the molecule is COc1cc(C(=O)CC(=O)C(=O)c2ccccc2)c(OC)c2c1OCCO2. The summed E-state index contributed by atoms with van der Waals surface area (Å²) in [7, 11) is 2.81. The molecule has 27 heavy (non-hydrogen) atoms. The van der Waals surface area contributed by atoms with Crippen molar-refractivity contribution in [2.75, 3.05) is 27.4 Å². The summed E-state index contributed by atoms with van der Waals surface area (Å²) < 4.78 is 21.7. The van der Waals surface area contributed by atoms with Gasteiger partial charge in [0.25, 0.3) is 0 Å². The zero-order valence-corrected chi connectivity index (χ0v) is 14.9. The summed E-state index contributed by atoms with van der Waals surface area (Å²) in [5, 5.41) is 0. The van der Waals surface area contributed by atoms with Gasteiger partial charge >= 0.3 is 0 Å². The van der Waals surface area contributed by atoms with Crippen LogP contribution in [0.3, 0.4) is 0 Å². The smallest absolute Gasteiger partial charge is 0.229 e. The van der Waals surface area contributed by atoms with E-state index in [2.05, 4.69) is 0 Å². The Morgan fingerprint density at radius 1 is 0.963 bits per heavy atom. The lowest BCUT2D eigenvalue weighted by atomic mass is 9.99. The lowest BCUT2D eigenvalue weighted by Crippen LogP contribution is -2.20. The summed E-state index contributed by atoms with van der Waals surface area (Å²) in [5.74, 6) is -1.07. The molecule has 0 amide bonds. The van der Waals surface area contributed by atoms with Crippen LogP contribution in [0, 0.1) is 0 Å². The zero-order valence-electron chi connectivity index (χ0n) is 14.9. The quantitative estimate of drug-likeness (QED) is 0.420. The number of ether oxygens (including phenoxy) is 4. The number of hydrogen-bond donors (Lipinski definition) is 0. The van der Waals surface area contributed by atoms with Gasteiger partial charge in [-0.05, 0) is 6.07 Å². The Morgan fingerprint density at radius 3 is 2.26 bits per heavy atom. The third-order valence-corrected chi connectivity index (χ3v) is 4.07. The number of benzene rings is 2. The van der Waals surface area contributed by atoms with Crippen molar-refractivity contribution in [3.05, 3.63) is 47.5 Å². The van der Waals surface area contributed by atoms with Gasteiger partial charge in [0.1, 0.15) is 13.2 Å². The van der Waals surface area contributed by atoms with Crippen LogP contribution in [-0.2, 0) is 4.79 Å². The van der Waals surface area contributed by atoms with E-state index in [1.807, 2.05) is 0 Å². The van der Waals surface area contributed by atoms with E-state index in [1.54, 1.807) is 18.2 Å². The minimum Gasteiger partial charge on any atom is -0.493 e. The molecule has 2 aromatic rings. The number of carbonyl (C=O) groups excluding carboxylic acids is 3. The van der Waals surface area contributed by atoms with Gasteiger partial charge in [-0.3, -0.25) is 14.4 Å². The highest BCUT2D eigenvalue weighted by Gasteiger charge is 2.30. The molecule has 3 rings (SSSR count). The van der Waals surface area contributed by atoms with Crippen molar-refractivity contribution < 1.29 is 33.3 Å². The molecule has 0 unspecified atom stereocenters. The molecule has 0 radical (unpaired) electrons. The second kappa shape index (κ2) is 7.90. The molecule has 0 saturated heterocycles. The molecule has 7 heteroatoms. The maximum atomic E-state index is 12.7. The van der Waals surface area contributed by atoms with Crippen LogP contribution < -0.4 is 18.9 Å². The van der Waals surface area contributed by atoms with E-state index >= 15 is 0 Å². The van der Waals surface area contributed by atoms with Gasteiger partial charge in [0.2, 0.25) is 23.1 Å². The Kier molecular flexibility index (Phi) is 5.40. The first-order chi connectivity index (χ1) is 13.1. The fourth-order valence-electron chi connectivity index (χ4n) is 2.79. The molecule has 0 N–H and O–H groups in total. The van der Waals surface area contributed by atoms with E-state index in [-0.39, 0.29) is 35.0 Å². The predicted octanol–water partition coefficient (Wildman–Crippen LogP) is 2.50. The van der Waals surface area contributed by atoms with Gasteiger partial charge in [-0.1, -0.05) is 30.3 Å². The molecule has 2 aromatic carbocycles. The molecule has 1 heterocycles. The van der Waals surface area contributed by atoms with E-state index in [4.69, 9.17) is 18.9 Å². The van der Waals surface area contributed by atoms with E-state index < -0.39 is 23.8 Å². The fraction of sp³-hybridized carbons (Fsp3) is 0.250.